The second-order valence-corrected chi connectivity index (χ2v) is 8.75. The standard InChI is InChI=1S/C18H25ClFN5O2S/c1-13-5-6-15(10-17(13)20)23-28(26,27)8-7-22-18(21-2)25(4)12-16-9-14(19)11-24(16)3/h5-6,9-11,23H,7-8,12H2,1-4H3,(H,21,22). The van der Waals surface area contributed by atoms with Gasteiger partial charge in [0.2, 0.25) is 10.0 Å². The number of aliphatic imine (C=N–C) groups is 1. The second-order valence-electron chi connectivity index (χ2n) is 6.48. The highest BCUT2D eigenvalue weighted by atomic mass is 35.5. The first-order valence-electron chi connectivity index (χ1n) is 8.60. The van der Waals surface area contributed by atoms with Gasteiger partial charge in [-0.2, -0.15) is 0 Å². The van der Waals surface area contributed by atoms with Crippen LogP contribution in [-0.2, 0) is 23.6 Å². The summed E-state index contributed by atoms with van der Waals surface area (Å²) in [6.07, 6.45) is 1.81. The van der Waals surface area contributed by atoms with Crippen molar-refractivity contribution in [1.82, 2.24) is 14.8 Å². The monoisotopic (exact) mass is 429 g/mol. The molecule has 0 atom stereocenters. The van der Waals surface area contributed by atoms with Gasteiger partial charge in [0.05, 0.1) is 23.0 Å². The molecule has 28 heavy (non-hydrogen) atoms. The van der Waals surface area contributed by atoms with Crippen molar-refractivity contribution < 1.29 is 12.8 Å². The predicted molar refractivity (Wildman–Crippen MR) is 112 cm³/mol. The Balaban J connectivity index is 1.90. The number of hydrogen-bond donors (Lipinski definition) is 2. The van der Waals surface area contributed by atoms with Gasteiger partial charge in [0.25, 0.3) is 0 Å². The normalized spacial score (nSPS) is 12.1. The average Bonchev–Trinajstić information content (AvgIpc) is 2.91. The van der Waals surface area contributed by atoms with Crippen molar-refractivity contribution >= 4 is 33.3 Å². The Morgan fingerprint density at radius 3 is 2.64 bits per heavy atom. The molecule has 0 spiro atoms. The number of anilines is 1. The predicted octanol–water partition coefficient (Wildman–Crippen LogP) is 2.58. The third kappa shape index (κ3) is 6.13. The van der Waals surface area contributed by atoms with E-state index < -0.39 is 15.8 Å². The van der Waals surface area contributed by atoms with Crippen LogP contribution in [0.3, 0.4) is 0 Å². The number of rotatable bonds is 7. The molecular weight excluding hydrogens is 405 g/mol. The van der Waals surface area contributed by atoms with E-state index in [9.17, 15) is 12.8 Å². The molecule has 0 amide bonds. The fraction of sp³-hybridized carbons (Fsp3) is 0.389. The van der Waals surface area contributed by atoms with Gasteiger partial charge in [0.15, 0.2) is 5.96 Å². The second kappa shape index (κ2) is 9.29. The molecule has 2 rings (SSSR count). The van der Waals surface area contributed by atoms with Crippen LogP contribution in [0.15, 0.2) is 35.5 Å². The summed E-state index contributed by atoms with van der Waals surface area (Å²) in [7, 11) is 1.74. The molecule has 2 N–H and O–H groups in total. The van der Waals surface area contributed by atoms with Crippen molar-refractivity contribution in [3.05, 3.63) is 52.6 Å². The van der Waals surface area contributed by atoms with E-state index in [-0.39, 0.29) is 18.0 Å². The maximum atomic E-state index is 13.6. The lowest BCUT2D eigenvalue weighted by Gasteiger charge is -2.22. The van der Waals surface area contributed by atoms with Crippen LogP contribution in [0.25, 0.3) is 0 Å². The summed E-state index contributed by atoms with van der Waals surface area (Å²) in [5.74, 6) is -0.0965. The van der Waals surface area contributed by atoms with Crippen LogP contribution in [0.1, 0.15) is 11.3 Å². The molecule has 0 radical (unpaired) electrons. The van der Waals surface area contributed by atoms with Crippen molar-refractivity contribution in [3.8, 4) is 0 Å². The van der Waals surface area contributed by atoms with Crippen molar-refractivity contribution in [2.24, 2.45) is 12.0 Å². The molecule has 0 fully saturated rings. The Kier molecular flexibility index (Phi) is 7.31. The number of hydrogen-bond acceptors (Lipinski definition) is 3. The van der Waals surface area contributed by atoms with Gasteiger partial charge < -0.3 is 14.8 Å². The maximum absolute atomic E-state index is 13.6. The SMILES string of the molecule is CN=C(NCCS(=O)(=O)Nc1ccc(C)c(F)c1)N(C)Cc1cc(Cl)cn1C. The summed E-state index contributed by atoms with van der Waals surface area (Å²) in [4.78, 5) is 6.03. The highest BCUT2D eigenvalue weighted by Crippen LogP contribution is 2.15. The highest BCUT2D eigenvalue weighted by Gasteiger charge is 2.14. The van der Waals surface area contributed by atoms with Crippen molar-refractivity contribution in [2.45, 2.75) is 13.5 Å². The van der Waals surface area contributed by atoms with Crippen LogP contribution in [0, 0.1) is 12.7 Å². The van der Waals surface area contributed by atoms with Gasteiger partial charge >= 0.3 is 0 Å². The number of benzene rings is 1. The fourth-order valence-corrected chi connectivity index (χ4v) is 3.84. The van der Waals surface area contributed by atoms with E-state index in [0.717, 1.165) is 11.8 Å². The molecule has 1 aromatic heterocycles. The van der Waals surface area contributed by atoms with Gasteiger partial charge in [-0.3, -0.25) is 9.71 Å². The van der Waals surface area contributed by atoms with Gasteiger partial charge in [-0.1, -0.05) is 17.7 Å². The lowest BCUT2D eigenvalue weighted by Crippen LogP contribution is -2.41. The van der Waals surface area contributed by atoms with Gasteiger partial charge in [0, 0.05) is 39.6 Å². The zero-order chi connectivity index (χ0) is 20.9. The van der Waals surface area contributed by atoms with Crippen molar-refractivity contribution in [3.63, 3.8) is 0 Å². The Morgan fingerprint density at radius 1 is 1.36 bits per heavy atom. The minimum atomic E-state index is -3.63. The van der Waals surface area contributed by atoms with Gasteiger partial charge in [0.1, 0.15) is 5.82 Å². The Hall–Kier alpha value is -2.26. The first kappa shape index (κ1) is 22.0. The number of nitrogens with zero attached hydrogens (tertiary/aromatic N) is 3. The molecule has 10 heteroatoms. The summed E-state index contributed by atoms with van der Waals surface area (Å²) in [6.45, 7) is 2.31. The summed E-state index contributed by atoms with van der Waals surface area (Å²) in [6, 6.07) is 6.08. The molecule has 0 saturated carbocycles. The number of sulfonamides is 1. The molecule has 154 valence electrons. The third-order valence-corrected chi connectivity index (χ3v) is 5.64. The van der Waals surface area contributed by atoms with Gasteiger partial charge in [-0.25, -0.2) is 12.8 Å². The molecule has 1 heterocycles. The first-order chi connectivity index (χ1) is 13.1. The third-order valence-electron chi connectivity index (χ3n) is 4.15. The molecular formula is C18H25ClFN5O2S. The molecule has 0 bridgehead atoms. The van der Waals surface area contributed by atoms with E-state index in [1.165, 1.54) is 12.1 Å². The minimum Gasteiger partial charge on any atom is -0.355 e. The van der Waals surface area contributed by atoms with Crippen molar-refractivity contribution in [2.75, 3.05) is 31.1 Å². The van der Waals surface area contributed by atoms with Gasteiger partial charge in [-0.05, 0) is 30.7 Å². The first-order valence-corrected chi connectivity index (χ1v) is 10.6. The topological polar surface area (TPSA) is 78.7 Å². The molecule has 0 aliphatic carbocycles. The number of aryl methyl sites for hydroxylation is 2. The van der Waals surface area contributed by atoms with E-state index in [0.29, 0.717) is 23.1 Å². The van der Waals surface area contributed by atoms with Crippen LogP contribution in [0.4, 0.5) is 10.1 Å². The van der Waals surface area contributed by atoms with Gasteiger partial charge in [-0.15, -0.1) is 0 Å². The number of guanidine groups is 1. The quantitative estimate of drug-likeness (QED) is 0.523. The zero-order valence-corrected chi connectivity index (χ0v) is 17.9. The van der Waals surface area contributed by atoms with E-state index >= 15 is 0 Å². The van der Waals surface area contributed by atoms with Crippen LogP contribution in [0.5, 0.6) is 0 Å². The molecule has 0 aliphatic rings. The van der Waals surface area contributed by atoms with Crippen LogP contribution >= 0.6 is 11.6 Å². The maximum Gasteiger partial charge on any atom is 0.234 e. The van der Waals surface area contributed by atoms with E-state index in [1.807, 2.05) is 35.8 Å². The highest BCUT2D eigenvalue weighted by molar-refractivity contribution is 7.92. The van der Waals surface area contributed by atoms with Crippen molar-refractivity contribution in [1.29, 1.82) is 0 Å². The molecule has 7 nitrogen and oxygen atoms in total. The van der Waals surface area contributed by atoms with Crippen LogP contribution < -0.4 is 10.0 Å². The average molecular weight is 430 g/mol. The van der Waals surface area contributed by atoms with Crippen LogP contribution in [0.2, 0.25) is 5.02 Å². The number of nitrogens with one attached hydrogen (secondary N) is 2. The summed E-state index contributed by atoms with van der Waals surface area (Å²) < 4.78 is 42.3. The largest absolute Gasteiger partial charge is 0.355 e. The van der Waals surface area contributed by atoms with Crippen LogP contribution in [-0.4, -0.2) is 50.2 Å². The smallest absolute Gasteiger partial charge is 0.234 e. The molecule has 0 saturated heterocycles. The molecule has 0 aliphatic heterocycles. The molecule has 1 aromatic carbocycles. The van der Waals surface area contributed by atoms with E-state index in [4.69, 9.17) is 11.6 Å². The van der Waals surface area contributed by atoms with E-state index in [2.05, 4.69) is 15.0 Å². The number of aromatic nitrogens is 1. The Bertz CT molecular complexity index is 959. The fourth-order valence-electron chi connectivity index (χ4n) is 2.61. The minimum absolute atomic E-state index is 0.147. The zero-order valence-electron chi connectivity index (χ0n) is 16.3. The molecule has 0 unspecified atom stereocenters. The Morgan fingerprint density at radius 2 is 2.07 bits per heavy atom. The summed E-state index contributed by atoms with van der Waals surface area (Å²) >= 11 is 6.00. The summed E-state index contributed by atoms with van der Waals surface area (Å²) in [5, 5.41) is 3.67. The molecule has 2 aromatic rings. The lowest BCUT2D eigenvalue weighted by atomic mass is 10.2. The Labute approximate surface area is 170 Å². The van der Waals surface area contributed by atoms with E-state index in [1.54, 1.807) is 14.0 Å². The number of halogens is 2. The lowest BCUT2D eigenvalue weighted by molar-refractivity contribution is 0.463. The summed E-state index contributed by atoms with van der Waals surface area (Å²) in [5.41, 5.74) is 1.65.